The van der Waals surface area contributed by atoms with Gasteiger partial charge in [0.15, 0.2) is 0 Å². The summed E-state index contributed by atoms with van der Waals surface area (Å²) in [6, 6.07) is 7.04. The molecule has 0 radical (unpaired) electrons. The van der Waals surface area contributed by atoms with Crippen molar-refractivity contribution in [3.05, 3.63) is 30.7 Å². The Morgan fingerprint density at radius 3 is 2.86 bits per heavy atom. The quantitative estimate of drug-likeness (QED) is 0.909. The van der Waals surface area contributed by atoms with E-state index in [0.717, 1.165) is 18.4 Å². The molecule has 1 saturated heterocycles. The highest BCUT2D eigenvalue weighted by atomic mass is 16.5. The molecular weight excluding hydrogens is 284 g/mol. The number of aromatic nitrogens is 2. The number of carbonyl (C=O) groups excluding carboxylic acids is 1. The van der Waals surface area contributed by atoms with Gasteiger partial charge in [-0.25, -0.2) is 4.79 Å². The van der Waals surface area contributed by atoms with Gasteiger partial charge >= 0.3 is 6.03 Å². The molecule has 0 unspecified atom stereocenters. The van der Waals surface area contributed by atoms with Crippen LogP contribution in [0, 0.1) is 0 Å². The second-order valence-corrected chi connectivity index (χ2v) is 5.58. The van der Waals surface area contributed by atoms with Crippen LogP contribution in [0.3, 0.4) is 0 Å². The molecule has 1 aromatic carbocycles. The molecule has 2 aromatic rings. The van der Waals surface area contributed by atoms with Crippen LogP contribution < -0.4 is 10.6 Å². The van der Waals surface area contributed by atoms with Crippen molar-refractivity contribution >= 4 is 11.7 Å². The number of hydrogen-bond donors (Lipinski definition) is 2. The Balaban J connectivity index is 1.65. The van der Waals surface area contributed by atoms with E-state index in [1.807, 2.05) is 25.1 Å². The average molecular weight is 302 g/mol. The number of amides is 2. The number of ether oxygens (including phenoxy) is 1. The van der Waals surface area contributed by atoms with Gasteiger partial charge in [-0.05, 0) is 38.0 Å². The number of urea groups is 1. The molecule has 0 atom stereocenters. The van der Waals surface area contributed by atoms with Gasteiger partial charge in [-0.15, -0.1) is 10.2 Å². The first-order valence-corrected chi connectivity index (χ1v) is 7.18. The van der Waals surface area contributed by atoms with Gasteiger partial charge < -0.3 is 19.8 Å². The number of rotatable bonds is 3. The third-order valence-electron chi connectivity index (χ3n) is 3.74. The Bertz CT molecular complexity index is 636. The zero-order chi connectivity index (χ0) is 15.4. The monoisotopic (exact) mass is 302 g/mol. The first kappa shape index (κ1) is 14.5. The molecule has 1 aromatic heterocycles. The molecule has 3 rings (SSSR count). The van der Waals surface area contributed by atoms with Crippen molar-refractivity contribution in [2.24, 2.45) is 0 Å². The number of nitrogens with one attached hydrogen (secondary N) is 2. The summed E-state index contributed by atoms with van der Waals surface area (Å²) in [5.41, 5.74) is 1.20. The predicted octanol–water partition coefficient (Wildman–Crippen LogP) is 2.43. The second-order valence-electron chi connectivity index (χ2n) is 5.58. The minimum atomic E-state index is -0.230. The Hall–Kier alpha value is -2.41. The van der Waals surface area contributed by atoms with Gasteiger partial charge in [-0.2, -0.15) is 0 Å². The van der Waals surface area contributed by atoms with E-state index in [1.54, 1.807) is 6.07 Å². The molecule has 1 aliphatic rings. The highest BCUT2D eigenvalue weighted by molar-refractivity contribution is 5.90. The molecule has 0 bridgehead atoms. The Morgan fingerprint density at radius 1 is 1.32 bits per heavy atom. The molecular formula is C15H18N4O3. The summed E-state index contributed by atoms with van der Waals surface area (Å²) >= 11 is 0. The first-order valence-electron chi connectivity index (χ1n) is 7.18. The normalized spacial score (nSPS) is 17.0. The Morgan fingerprint density at radius 2 is 2.14 bits per heavy atom. The van der Waals surface area contributed by atoms with Gasteiger partial charge in [-0.3, -0.25) is 0 Å². The fraction of sp³-hybridized carbons (Fsp3) is 0.400. The molecule has 0 aliphatic carbocycles. The summed E-state index contributed by atoms with van der Waals surface area (Å²) in [5, 5.41) is 13.4. The van der Waals surface area contributed by atoms with E-state index >= 15 is 0 Å². The predicted molar refractivity (Wildman–Crippen MR) is 80.3 cm³/mol. The molecule has 0 saturated carbocycles. The van der Waals surface area contributed by atoms with Gasteiger partial charge in [0.05, 0.1) is 0 Å². The highest BCUT2D eigenvalue weighted by Gasteiger charge is 2.28. The number of benzene rings is 1. The van der Waals surface area contributed by atoms with Crippen LogP contribution in [0.1, 0.15) is 19.8 Å². The van der Waals surface area contributed by atoms with Crippen LogP contribution in [0.4, 0.5) is 10.5 Å². The van der Waals surface area contributed by atoms with Crippen molar-refractivity contribution in [2.75, 3.05) is 18.5 Å². The van der Waals surface area contributed by atoms with Crippen LogP contribution in [-0.2, 0) is 4.74 Å². The molecule has 7 nitrogen and oxygen atoms in total. The summed E-state index contributed by atoms with van der Waals surface area (Å²) in [6.45, 7) is 3.37. The summed E-state index contributed by atoms with van der Waals surface area (Å²) in [4.78, 5) is 12.2. The van der Waals surface area contributed by atoms with Crippen LogP contribution in [0.2, 0.25) is 0 Å². The van der Waals surface area contributed by atoms with Crippen molar-refractivity contribution in [1.82, 2.24) is 15.5 Å². The third-order valence-corrected chi connectivity index (χ3v) is 3.74. The number of hydrogen-bond acceptors (Lipinski definition) is 5. The molecule has 2 N–H and O–H groups in total. The lowest BCUT2D eigenvalue weighted by atomic mass is 9.93. The second kappa shape index (κ2) is 6.15. The van der Waals surface area contributed by atoms with Crippen molar-refractivity contribution in [2.45, 2.75) is 25.3 Å². The zero-order valence-electron chi connectivity index (χ0n) is 12.3. The van der Waals surface area contributed by atoms with Crippen molar-refractivity contribution in [3.8, 4) is 11.5 Å². The molecule has 22 heavy (non-hydrogen) atoms. The van der Waals surface area contributed by atoms with E-state index in [2.05, 4.69) is 20.8 Å². The van der Waals surface area contributed by atoms with Crippen molar-refractivity contribution < 1.29 is 13.9 Å². The van der Waals surface area contributed by atoms with Gasteiger partial charge in [0, 0.05) is 30.0 Å². The average Bonchev–Trinajstić information content (AvgIpc) is 3.01. The van der Waals surface area contributed by atoms with Crippen LogP contribution in [-0.4, -0.2) is 35.0 Å². The van der Waals surface area contributed by atoms with Crippen LogP contribution in [0.15, 0.2) is 35.1 Å². The van der Waals surface area contributed by atoms with Gasteiger partial charge in [-0.1, -0.05) is 6.07 Å². The SMILES string of the molecule is CC1(NC(=O)Nc2cccc(-c3nnco3)c2)CCOCC1. The number of anilines is 1. The van der Waals surface area contributed by atoms with Crippen LogP contribution in [0.25, 0.3) is 11.5 Å². The Kier molecular flexibility index (Phi) is 4.06. The van der Waals surface area contributed by atoms with Crippen LogP contribution >= 0.6 is 0 Å². The van der Waals surface area contributed by atoms with E-state index < -0.39 is 0 Å². The minimum absolute atomic E-state index is 0.230. The molecule has 2 heterocycles. The Labute approximate surface area is 128 Å². The molecule has 116 valence electrons. The lowest BCUT2D eigenvalue weighted by Crippen LogP contribution is -2.51. The summed E-state index contributed by atoms with van der Waals surface area (Å²) in [5.74, 6) is 0.417. The van der Waals surface area contributed by atoms with Gasteiger partial charge in [0.1, 0.15) is 0 Å². The summed E-state index contributed by atoms with van der Waals surface area (Å²) < 4.78 is 10.5. The fourth-order valence-electron chi connectivity index (χ4n) is 2.41. The summed E-state index contributed by atoms with van der Waals surface area (Å²) in [6.07, 6.45) is 2.89. The van der Waals surface area contributed by atoms with E-state index in [1.165, 1.54) is 6.39 Å². The zero-order valence-corrected chi connectivity index (χ0v) is 12.3. The van der Waals surface area contributed by atoms with E-state index in [4.69, 9.17) is 9.15 Å². The van der Waals surface area contributed by atoms with E-state index in [0.29, 0.717) is 24.8 Å². The molecule has 7 heteroatoms. The molecule has 0 spiro atoms. The molecule has 1 fully saturated rings. The van der Waals surface area contributed by atoms with E-state index in [9.17, 15) is 4.79 Å². The van der Waals surface area contributed by atoms with Gasteiger partial charge in [0.25, 0.3) is 0 Å². The lowest BCUT2D eigenvalue weighted by molar-refractivity contribution is 0.0500. The maximum atomic E-state index is 12.2. The maximum absolute atomic E-state index is 12.2. The highest BCUT2D eigenvalue weighted by Crippen LogP contribution is 2.22. The van der Waals surface area contributed by atoms with Gasteiger partial charge in [0.2, 0.25) is 12.3 Å². The molecule has 2 amide bonds. The van der Waals surface area contributed by atoms with Crippen molar-refractivity contribution in [3.63, 3.8) is 0 Å². The van der Waals surface area contributed by atoms with E-state index in [-0.39, 0.29) is 11.6 Å². The summed E-state index contributed by atoms with van der Waals surface area (Å²) in [7, 11) is 0. The third kappa shape index (κ3) is 3.43. The number of carbonyl (C=O) groups is 1. The lowest BCUT2D eigenvalue weighted by Gasteiger charge is -2.34. The standard InChI is InChI=1S/C15H18N4O3/c1-15(5-7-21-8-6-15)18-14(20)17-12-4-2-3-11(9-12)13-19-16-10-22-13/h2-4,9-10H,5-8H2,1H3,(H2,17,18,20). The van der Waals surface area contributed by atoms with Crippen molar-refractivity contribution in [1.29, 1.82) is 0 Å². The first-order chi connectivity index (χ1) is 10.6. The molecule has 1 aliphatic heterocycles. The largest absolute Gasteiger partial charge is 0.423 e. The number of nitrogens with zero attached hydrogens (tertiary/aromatic N) is 2. The topological polar surface area (TPSA) is 89.3 Å². The minimum Gasteiger partial charge on any atom is -0.423 e. The fourth-order valence-corrected chi connectivity index (χ4v) is 2.41. The maximum Gasteiger partial charge on any atom is 0.319 e. The smallest absolute Gasteiger partial charge is 0.319 e. The van der Waals surface area contributed by atoms with Crippen LogP contribution in [0.5, 0.6) is 0 Å².